The molecule has 1 saturated heterocycles. The Labute approximate surface area is 214 Å². The minimum atomic E-state index is -0.770. The number of benzene rings is 2. The van der Waals surface area contributed by atoms with Crippen LogP contribution in [0.2, 0.25) is 10.0 Å². The van der Waals surface area contributed by atoms with E-state index in [4.69, 9.17) is 42.1 Å². The van der Waals surface area contributed by atoms with Crippen molar-refractivity contribution in [2.45, 2.75) is 32.2 Å². The average Bonchev–Trinajstić information content (AvgIpc) is 3.15. The second-order valence-corrected chi connectivity index (χ2v) is 9.06. The van der Waals surface area contributed by atoms with Crippen LogP contribution in [-0.2, 0) is 9.53 Å². The van der Waals surface area contributed by atoms with Gasteiger partial charge in [-0.25, -0.2) is 4.79 Å². The summed E-state index contributed by atoms with van der Waals surface area (Å²) in [6.07, 6.45) is 0.648. The molecule has 0 spiro atoms. The molecule has 1 heterocycles. The summed E-state index contributed by atoms with van der Waals surface area (Å²) in [5, 5.41) is 0.471. The molecule has 0 N–H and O–H groups in total. The first-order chi connectivity index (χ1) is 16.6. The van der Waals surface area contributed by atoms with E-state index in [9.17, 15) is 14.4 Å². The molecule has 0 unspecified atom stereocenters. The zero-order valence-corrected chi connectivity index (χ0v) is 21.7. The maximum absolute atomic E-state index is 13.2. The van der Waals surface area contributed by atoms with Crippen molar-refractivity contribution in [1.82, 2.24) is 4.90 Å². The first kappa shape index (κ1) is 26.8. The summed E-state index contributed by atoms with van der Waals surface area (Å²) in [4.78, 5) is 39.5. The minimum absolute atomic E-state index is 0.0258. The molecule has 1 fully saturated rings. The van der Waals surface area contributed by atoms with Crippen LogP contribution in [0.4, 0.5) is 0 Å². The van der Waals surface area contributed by atoms with Gasteiger partial charge < -0.3 is 18.9 Å². The Hall–Kier alpha value is -2.81. The van der Waals surface area contributed by atoms with Crippen LogP contribution in [0.25, 0.3) is 0 Å². The molecule has 0 saturated carbocycles. The van der Waals surface area contributed by atoms with Crippen molar-refractivity contribution in [1.29, 1.82) is 0 Å². The van der Waals surface area contributed by atoms with Gasteiger partial charge in [0.1, 0.15) is 23.7 Å². The summed E-state index contributed by atoms with van der Waals surface area (Å²) in [5.74, 6) is -1.21. The molecule has 0 radical (unpaired) electrons. The molecule has 10 heteroatoms. The van der Waals surface area contributed by atoms with Crippen LogP contribution in [0, 0.1) is 0 Å². The van der Waals surface area contributed by atoms with Crippen LogP contribution in [0.15, 0.2) is 24.3 Å². The van der Waals surface area contributed by atoms with Crippen LogP contribution in [0.3, 0.4) is 0 Å². The number of ketones is 1. The lowest BCUT2D eigenvalue weighted by molar-refractivity contribution is -0.142. The number of likely N-dealkylation sites (tertiary alicyclic amines) is 1. The predicted octanol–water partition coefficient (Wildman–Crippen LogP) is 4.78. The highest BCUT2D eigenvalue weighted by Crippen LogP contribution is 2.48. The van der Waals surface area contributed by atoms with Gasteiger partial charge in [0, 0.05) is 29.5 Å². The third kappa shape index (κ3) is 5.72. The van der Waals surface area contributed by atoms with Gasteiger partial charge in [-0.15, -0.1) is 0 Å². The lowest BCUT2D eigenvalue weighted by Gasteiger charge is -2.28. The normalized spacial score (nSPS) is 17.7. The summed E-state index contributed by atoms with van der Waals surface area (Å²) in [7, 11) is 4.80. The largest absolute Gasteiger partial charge is 0.496 e. The number of rotatable bonds is 8. The van der Waals surface area contributed by atoms with E-state index in [1.54, 1.807) is 6.07 Å². The van der Waals surface area contributed by atoms with Crippen molar-refractivity contribution in [2.75, 3.05) is 34.4 Å². The molecule has 2 aromatic rings. The molecule has 0 bridgehead atoms. The van der Waals surface area contributed by atoms with Crippen LogP contribution in [0.5, 0.6) is 17.2 Å². The number of carbonyl (C=O) groups excluding carboxylic acids is 3. The fraction of sp³-hybridized carbons (Fsp3) is 0.400. The van der Waals surface area contributed by atoms with E-state index in [-0.39, 0.29) is 52.0 Å². The van der Waals surface area contributed by atoms with Crippen molar-refractivity contribution in [2.24, 2.45) is 0 Å². The predicted molar refractivity (Wildman–Crippen MR) is 131 cm³/mol. The van der Waals surface area contributed by atoms with Crippen LogP contribution in [0.1, 0.15) is 52.5 Å². The van der Waals surface area contributed by atoms with Gasteiger partial charge in [-0.3, -0.25) is 14.5 Å². The minimum Gasteiger partial charge on any atom is -0.496 e. The Morgan fingerprint density at radius 3 is 2.31 bits per heavy atom. The van der Waals surface area contributed by atoms with Gasteiger partial charge >= 0.3 is 11.9 Å². The highest BCUT2D eigenvalue weighted by Gasteiger charge is 2.40. The topological polar surface area (TPSA) is 91.4 Å². The smallest absolute Gasteiger partial charge is 0.345 e. The number of hydrogen-bond acceptors (Lipinski definition) is 8. The number of carbonyl (C=O) groups is 3. The molecular weight excluding hydrogens is 497 g/mol. The van der Waals surface area contributed by atoms with E-state index in [2.05, 4.69) is 0 Å². The van der Waals surface area contributed by atoms with Gasteiger partial charge in [0.25, 0.3) is 0 Å². The molecule has 2 aromatic carbocycles. The van der Waals surface area contributed by atoms with Crippen molar-refractivity contribution in [3.63, 3.8) is 0 Å². The number of nitrogens with zero attached hydrogens (tertiary/aromatic N) is 1. The third-order valence-corrected chi connectivity index (χ3v) is 6.58. The second kappa shape index (κ2) is 11.3. The van der Waals surface area contributed by atoms with Gasteiger partial charge in [-0.2, -0.15) is 0 Å². The van der Waals surface area contributed by atoms with Crippen molar-refractivity contribution >= 4 is 40.9 Å². The number of likely N-dealkylation sites (N-methyl/N-ethyl adjacent to an activating group) is 1. The number of Topliss-reactive ketones (excluding diaryl/α,β-unsaturated/α-hetero) is 1. The fourth-order valence-electron chi connectivity index (χ4n) is 4.34. The highest BCUT2D eigenvalue weighted by molar-refractivity contribution is 6.36. The molecule has 0 aliphatic carbocycles. The van der Waals surface area contributed by atoms with E-state index in [0.717, 1.165) is 0 Å². The van der Waals surface area contributed by atoms with Crippen LogP contribution < -0.4 is 14.2 Å². The molecule has 0 aromatic heterocycles. The Bertz CT molecular complexity index is 1150. The number of methoxy groups -OCH3 is 2. The number of halogens is 2. The molecule has 0 amide bonds. The molecule has 1 aliphatic rings. The zero-order valence-electron chi connectivity index (χ0n) is 20.1. The maximum Gasteiger partial charge on any atom is 0.345 e. The van der Waals surface area contributed by atoms with Gasteiger partial charge in [-0.1, -0.05) is 23.2 Å². The molecule has 2 atom stereocenters. The Morgan fingerprint density at radius 2 is 1.74 bits per heavy atom. The molecule has 188 valence electrons. The van der Waals surface area contributed by atoms with Crippen molar-refractivity contribution < 1.29 is 33.3 Å². The summed E-state index contributed by atoms with van der Waals surface area (Å²) in [5.41, 5.74) is 0.694. The van der Waals surface area contributed by atoms with Gasteiger partial charge in [0.2, 0.25) is 0 Å². The number of ether oxygens (including phenoxy) is 4. The second-order valence-electron chi connectivity index (χ2n) is 8.21. The van der Waals surface area contributed by atoms with Gasteiger partial charge in [-0.05, 0) is 45.1 Å². The molecule has 35 heavy (non-hydrogen) atoms. The SMILES string of the molecule is COc1cc(OC)c([C@H]2CCN(C)[C@@H]2COC(C)=O)c(OC(=O)c2ccc(Cl)cc2Cl)c1C(C)=O. The monoisotopic (exact) mass is 523 g/mol. The quantitative estimate of drug-likeness (QED) is 0.277. The summed E-state index contributed by atoms with van der Waals surface area (Å²) >= 11 is 12.2. The first-order valence-electron chi connectivity index (χ1n) is 10.9. The maximum atomic E-state index is 13.2. The Morgan fingerprint density at radius 1 is 1.06 bits per heavy atom. The van der Waals surface area contributed by atoms with E-state index < -0.39 is 11.9 Å². The molecule has 3 rings (SSSR count). The number of esters is 2. The number of hydrogen-bond donors (Lipinski definition) is 0. The molecule has 1 aliphatic heterocycles. The Balaban J connectivity index is 2.20. The third-order valence-electron chi connectivity index (χ3n) is 6.04. The van der Waals surface area contributed by atoms with E-state index in [1.165, 1.54) is 46.3 Å². The Kier molecular flexibility index (Phi) is 8.64. The van der Waals surface area contributed by atoms with Gasteiger partial charge in [0.15, 0.2) is 11.5 Å². The first-order valence-corrected chi connectivity index (χ1v) is 11.6. The van der Waals surface area contributed by atoms with Crippen molar-refractivity contribution in [3.05, 3.63) is 51.0 Å². The van der Waals surface area contributed by atoms with Crippen LogP contribution in [-0.4, -0.2) is 63.1 Å². The van der Waals surface area contributed by atoms with E-state index in [1.807, 2.05) is 11.9 Å². The zero-order chi connectivity index (χ0) is 25.9. The standard InChI is InChI=1S/C25H27Cl2NO7/c1-13(29)22-20(32-4)11-21(33-5)23(17-8-9-28(3)19(17)12-34-14(2)30)24(22)35-25(31)16-7-6-15(26)10-18(16)27/h6-7,10-11,17,19H,8-9,12H2,1-5H3/t17-,19+/m0/s1. The highest BCUT2D eigenvalue weighted by atomic mass is 35.5. The van der Waals surface area contributed by atoms with Gasteiger partial charge in [0.05, 0.1) is 30.8 Å². The van der Waals surface area contributed by atoms with Crippen molar-refractivity contribution in [3.8, 4) is 17.2 Å². The lowest BCUT2D eigenvalue weighted by atomic mass is 9.87. The molecular formula is C25H27Cl2NO7. The van der Waals surface area contributed by atoms with E-state index >= 15 is 0 Å². The molecule has 8 nitrogen and oxygen atoms in total. The van der Waals surface area contributed by atoms with E-state index in [0.29, 0.717) is 29.3 Å². The summed E-state index contributed by atoms with van der Waals surface area (Å²) < 4.78 is 22.3. The lowest BCUT2D eigenvalue weighted by Crippen LogP contribution is -2.34. The van der Waals surface area contributed by atoms with Crippen LogP contribution >= 0.6 is 23.2 Å². The summed E-state index contributed by atoms with van der Waals surface area (Å²) in [6.45, 7) is 3.52. The average molecular weight is 524 g/mol. The summed E-state index contributed by atoms with van der Waals surface area (Å²) in [6, 6.07) is 5.76. The fourth-order valence-corrected chi connectivity index (χ4v) is 4.83.